The van der Waals surface area contributed by atoms with E-state index in [9.17, 15) is 19.5 Å². The van der Waals surface area contributed by atoms with E-state index < -0.39 is 29.6 Å². The summed E-state index contributed by atoms with van der Waals surface area (Å²) in [5.41, 5.74) is 2.62. The third-order valence-corrected chi connectivity index (χ3v) is 7.92. The van der Waals surface area contributed by atoms with Gasteiger partial charge in [-0.05, 0) is 35.1 Å². The topological polar surface area (TPSA) is 96.4 Å². The molecule has 208 valence electrons. The maximum atomic E-state index is 14.5. The van der Waals surface area contributed by atoms with Crippen LogP contribution in [-0.4, -0.2) is 59.2 Å². The van der Waals surface area contributed by atoms with Crippen molar-refractivity contribution in [2.45, 2.75) is 44.5 Å². The molecule has 3 aromatic rings. The largest absolute Gasteiger partial charge is 0.481 e. The number of rotatable bonds is 10. The van der Waals surface area contributed by atoms with Crippen molar-refractivity contribution < 1.29 is 29.0 Å². The van der Waals surface area contributed by atoms with Crippen molar-refractivity contribution in [1.82, 2.24) is 9.80 Å². The Morgan fingerprint density at radius 1 is 0.950 bits per heavy atom. The van der Waals surface area contributed by atoms with E-state index in [1.165, 1.54) is 4.90 Å². The summed E-state index contributed by atoms with van der Waals surface area (Å²) in [6, 6.07) is 25.2. The molecule has 2 atom stereocenters. The fraction of sp³-hybridized carbons (Fsp3) is 0.344. The summed E-state index contributed by atoms with van der Waals surface area (Å²) in [7, 11) is 1.56. The van der Waals surface area contributed by atoms with E-state index in [2.05, 4.69) is 0 Å². The average molecular weight is 543 g/mol. The molecule has 1 fully saturated rings. The Balaban J connectivity index is 1.49. The molecule has 0 radical (unpaired) electrons. The Morgan fingerprint density at radius 3 is 2.20 bits per heavy atom. The summed E-state index contributed by atoms with van der Waals surface area (Å²) >= 11 is 0. The van der Waals surface area contributed by atoms with Crippen LogP contribution in [-0.2, 0) is 38.6 Å². The van der Waals surface area contributed by atoms with Gasteiger partial charge in [-0.25, -0.2) is 4.79 Å². The molecular weight excluding hydrogens is 508 g/mol. The lowest BCUT2D eigenvalue weighted by Crippen LogP contribution is -2.56. The second-order valence-corrected chi connectivity index (χ2v) is 10.6. The SMILES string of the molecule is COC[C@@H](c1ccccc1)N(CC1(C(=O)O)CC1)C(=O)[C@@H]1Cc2ccccc2CN1C(=O)OCc1ccccc1. The van der Waals surface area contributed by atoms with Crippen LogP contribution in [0, 0.1) is 5.41 Å². The molecule has 1 heterocycles. The van der Waals surface area contributed by atoms with Gasteiger partial charge < -0.3 is 19.5 Å². The standard InChI is InChI=1S/C32H34N2O6/c1-39-21-28(24-12-6-3-7-13-24)34(22-32(16-17-32)30(36)37)29(35)27-18-25-14-8-9-15-26(25)19-33(27)31(38)40-20-23-10-4-2-5-11-23/h2-15,27-28H,16-22H2,1H3,(H,36,37)/t27-,28-/m0/s1. The molecule has 5 rings (SSSR count). The molecule has 2 amide bonds. The number of hydrogen-bond acceptors (Lipinski definition) is 5. The number of hydrogen-bond donors (Lipinski definition) is 1. The molecule has 3 aromatic carbocycles. The van der Waals surface area contributed by atoms with Crippen LogP contribution in [0.25, 0.3) is 0 Å². The molecule has 0 bridgehead atoms. The van der Waals surface area contributed by atoms with Crippen LogP contribution in [0.4, 0.5) is 4.79 Å². The predicted molar refractivity (Wildman–Crippen MR) is 148 cm³/mol. The normalized spacial score (nSPS) is 17.8. The third kappa shape index (κ3) is 5.87. The van der Waals surface area contributed by atoms with Gasteiger partial charge in [-0.3, -0.25) is 14.5 Å². The zero-order chi connectivity index (χ0) is 28.1. The second kappa shape index (κ2) is 11.9. The summed E-state index contributed by atoms with van der Waals surface area (Å²) < 4.78 is 11.2. The van der Waals surface area contributed by atoms with Crippen molar-refractivity contribution in [3.8, 4) is 0 Å². The molecule has 40 heavy (non-hydrogen) atoms. The minimum atomic E-state index is -0.998. The highest BCUT2D eigenvalue weighted by Crippen LogP contribution is 2.48. The van der Waals surface area contributed by atoms with Crippen LogP contribution in [0.1, 0.15) is 41.1 Å². The summed E-state index contributed by atoms with van der Waals surface area (Å²) in [5.74, 6) is -1.23. The number of benzene rings is 3. The molecular formula is C32H34N2O6. The van der Waals surface area contributed by atoms with Gasteiger partial charge >= 0.3 is 12.1 Å². The number of carbonyl (C=O) groups is 3. The van der Waals surface area contributed by atoms with Gasteiger partial charge in [0, 0.05) is 20.1 Å². The van der Waals surface area contributed by atoms with E-state index in [0.29, 0.717) is 19.3 Å². The first-order valence-electron chi connectivity index (χ1n) is 13.5. The van der Waals surface area contributed by atoms with Crippen molar-refractivity contribution in [3.05, 3.63) is 107 Å². The first-order chi connectivity index (χ1) is 19.4. The fourth-order valence-electron chi connectivity index (χ4n) is 5.39. The number of carboxylic acids is 1. The zero-order valence-electron chi connectivity index (χ0n) is 22.6. The Hall–Kier alpha value is -4.17. The Morgan fingerprint density at radius 2 is 1.57 bits per heavy atom. The third-order valence-electron chi connectivity index (χ3n) is 7.92. The average Bonchev–Trinajstić information content (AvgIpc) is 3.79. The van der Waals surface area contributed by atoms with Gasteiger partial charge in [0.05, 0.1) is 24.6 Å². The van der Waals surface area contributed by atoms with Crippen LogP contribution in [0.2, 0.25) is 0 Å². The predicted octanol–water partition coefficient (Wildman–Crippen LogP) is 4.83. The summed E-state index contributed by atoms with van der Waals surface area (Å²) in [5, 5.41) is 10.0. The molecule has 2 aliphatic rings. The number of carboxylic acid groups (broad SMARTS) is 1. The van der Waals surface area contributed by atoms with Gasteiger partial charge in [-0.1, -0.05) is 84.9 Å². The monoisotopic (exact) mass is 542 g/mol. The molecule has 0 spiro atoms. The molecule has 1 aliphatic heterocycles. The Kier molecular flexibility index (Phi) is 8.16. The van der Waals surface area contributed by atoms with Gasteiger partial charge in [-0.15, -0.1) is 0 Å². The fourth-order valence-corrected chi connectivity index (χ4v) is 5.39. The molecule has 0 aromatic heterocycles. The smallest absolute Gasteiger partial charge is 0.411 e. The van der Waals surface area contributed by atoms with Crippen molar-refractivity contribution in [3.63, 3.8) is 0 Å². The number of carbonyl (C=O) groups excluding carboxylic acids is 2. The lowest BCUT2D eigenvalue weighted by molar-refractivity contribution is -0.149. The second-order valence-electron chi connectivity index (χ2n) is 10.6. The maximum absolute atomic E-state index is 14.5. The van der Waals surface area contributed by atoms with Crippen molar-refractivity contribution in [2.75, 3.05) is 20.3 Å². The minimum absolute atomic E-state index is 0.0368. The lowest BCUT2D eigenvalue weighted by Gasteiger charge is -2.41. The number of aliphatic carboxylic acids is 1. The van der Waals surface area contributed by atoms with Gasteiger partial charge in [0.1, 0.15) is 12.6 Å². The molecule has 8 nitrogen and oxygen atoms in total. The zero-order valence-corrected chi connectivity index (χ0v) is 22.6. The van der Waals surface area contributed by atoms with E-state index >= 15 is 0 Å². The minimum Gasteiger partial charge on any atom is -0.481 e. The van der Waals surface area contributed by atoms with E-state index in [1.54, 1.807) is 12.0 Å². The van der Waals surface area contributed by atoms with Gasteiger partial charge in [0.2, 0.25) is 5.91 Å². The molecule has 1 N–H and O–H groups in total. The van der Waals surface area contributed by atoms with E-state index in [0.717, 1.165) is 22.3 Å². The summed E-state index contributed by atoms with van der Waals surface area (Å²) in [4.78, 5) is 43.4. The maximum Gasteiger partial charge on any atom is 0.411 e. The van der Waals surface area contributed by atoms with Gasteiger partial charge in [-0.2, -0.15) is 0 Å². The van der Waals surface area contributed by atoms with Crippen molar-refractivity contribution in [2.24, 2.45) is 5.41 Å². The summed E-state index contributed by atoms with van der Waals surface area (Å²) in [6.45, 7) is 0.529. The van der Waals surface area contributed by atoms with Crippen LogP contribution in [0.3, 0.4) is 0 Å². The highest BCUT2D eigenvalue weighted by molar-refractivity contribution is 5.88. The molecule has 1 aliphatic carbocycles. The first-order valence-corrected chi connectivity index (χ1v) is 13.5. The lowest BCUT2D eigenvalue weighted by atomic mass is 9.92. The highest BCUT2D eigenvalue weighted by Gasteiger charge is 2.53. The van der Waals surface area contributed by atoms with Crippen LogP contribution >= 0.6 is 0 Å². The summed E-state index contributed by atoms with van der Waals surface area (Å²) in [6.07, 6.45) is 0.716. The Labute approximate surface area is 234 Å². The molecule has 0 unspecified atom stereocenters. The number of nitrogens with zero attached hydrogens (tertiary/aromatic N) is 2. The molecule has 0 saturated heterocycles. The van der Waals surface area contributed by atoms with Gasteiger partial charge in [0.25, 0.3) is 0 Å². The highest BCUT2D eigenvalue weighted by atomic mass is 16.6. The number of methoxy groups -OCH3 is 1. The van der Waals surface area contributed by atoms with Crippen LogP contribution in [0.15, 0.2) is 84.9 Å². The van der Waals surface area contributed by atoms with E-state index in [-0.39, 0.29) is 32.2 Å². The number of amides is 2. The number of fused-ring (bicyclic) bond motifs is 1. The van der Waals surface area contributed by atoms with Crippen molar-refractivity contribution in [1.29, 1.82) is 0 Å². The van der Waals surface area contributed by atoms with Gasteiger partial charge in [0.15, 0.2) is 0 Å². The molecule has 1 saturated carbocycles. The molecule has 8 heteroatoms. The Bertz CT molecular complexity index is 1340. The van der Waals surface area contributed by atoms with E-state index in [4.69, 9.17) is 9.47 Å². The number of ether oxygens (including phenoxy) is 2. The van der Waals surface area contributed by atoms with Crippen LogP contribution in [0.5, 0.6) is 0 Å². The van der Waals surface area contributed by atoms with Crippen LogP contribution < -0.4 is 0 Å². The quantitative estimate of drug-likeness (QED) is 0.394. The first kappa shape index (κ1) is 27.4. The van der Waals surface area contributed by atoms with E-state index in [1.807, 2.05) is 84.9 Å². The van der Waals surface area contributed by atoms with Crippen molar-refractivity contribution >= 4 is 18.0 Å².